The van der Waals surface area contributed by atoms with Crippen LogP contribution in [-0.4, -0.2) is 18.4 Å². The van der Waals surface area contributed by atoms with E-state index in [0.717, 1.165) is 35.9 Å². The van der Waals surface area contributed by atoms with Gasteiger partial charge in [0.2, 0.25) is 11.8 Å². The summed E-state index contributed by atoms with van der Waals surface area (Å²) in [5.74, 6) is 1.53. The maximum Gasteiger partial charge on any atom is 0.224 e. The van der Waals surface area contributed by atoms with Gasteiger partial charge in [-0.3, -0.25) is 9.59 Å². The molecule has 5 nitrogen and oxygen atoms in total. The van der Waals surface area contributed by atoms with Crippen molar-refractivity contribution >= 4 is 17.5 Å². The van der Waals surface area contributed by atoms with E-state index in [0.29, 0.717) is 19.3 Å². The lowest BCUT2D eigenvalue weighted by atomic mass is 9.87. The zero-order valence-corrected chi connectivity index (χ0v) is 19.1. The standard InChI is InChI=1S/C27H36N2O3/c1-21(23-11-6-3-7-12-23)28-26(30)13-8-14-27(31)29-24-15-17-25(18-16-24)32-20-19-22-9-4-2-5-10-22/h3,6-7,11-12,15-18,21-22H,2,4-5,8-10,13-14,19-20H2,1H3,(H,28,30)(H,29,31). The van der Waals surface area contributed by atoms with Crippen molar-refractivity contribution in [2.24, 2.45) is 5.92 Å². The summed E-state index contributed by atoms with van der Waals surface area (Å²) >= 11 is 0. The summed E-state index contributed by atoms with van der Waals surface area (Å²) in [6.07, 6.45) is 9.05. The van der Waals surface area contributed by atoms with E-state index < -0.39 is 0 Å². The largest absolute Gasteiger partial charge is 0.494 e. The number of benzene rings is 2. The highest BCUT2D eigenvalue weighted by Gasteiger charge is 2.13. The van der Waals surface area contributed by atoms with Gasteiger partial charge in [-0.1, -0.05) is 62.4 Å². The highest BCUT2D eigenvalue weighted by Crippen LogP contribution is 2.26. The number of nitrogens with one attached hydrogen (secondary N) is 2. The second-order valence-corrected chi connectivity index (χ2v) is 8.77. The van der Waals surface area contributed by atoms with Crippen LogP contribution < -0.4 is 15.4 Å². The number of hydrogen-bond donors (Lipinski definition) is 2. The maximum atomic E-state index is 12.2. The third-order valence-electron chi connectivity index (χ3n) is 6.14. The van der Waals surface area contributed by atoms with Crippen molar-refractivity contribution in [3.05, 3.63) is 60.2 Å². The van der Waals surface area contributed by atoms with Gasteiger partial charge in [-0.05, 0) is 55.5 Å². The minimum Gasteiger partial charge on any atom is -0.494 e. The first-order chi connectivity index (χ1) is 15.6. The highest BCUT2D eigenvalue weighted by atomic mass is 16.5. The summed E-state index contributed by atoms with van der Waals surface area (Å²) < 4.78 is 5.87. The molecule has 1 atom stereocenters. The third kappa shape index (κ3) is 8.37. The van der Waals surface area contributed by atoms with E-state index in [4.69, 9.17) is 4.74 Å². The van der Waals surface area contributed by atoms with Crippen LogP contribution in [-0.2, 0) is 9.59 Å². The second kappa shape index (κ2) is 12.9. The molecule has 172 valence electrons. The molecule has 2 amide bonds. The molecule has 0 heterocycles. The minimum absolute atomic E-state index is 0.0381. The molecule has 0 bridgehead atoms. The molecular formula is C27H36N2O3. The molecule has 0 radical (unpaired) electrons. The van der Waals surface area contributed by atoms with Crippen molar-refractivity contribution in [1.82, 2.24) is 5.32 Å². The fourth-order valence-corrected chi connectivity index (χ4v) is 4.23. The van der Waals surface area contributed by atoms with E-state index in [-0.39, 0.29) is 17.9 Å². The van der Waals surface area contributed by atoms with Gasteiger partial charge in [0.25, 0.3) is 0 Å². The minimum atomic E-state index is -0.0834. The van der Waals surface area contributed by atoms with Crippen LogP contribution in [0.4, 0.5) is 5.69 Å². The molecule has 3 rings (SSSR count). The fraction of sp³-hybridized carbons (Fsp3) is 0.481. The predicted molar refractivity (Wildman–Crippen MR) is 129 cm³/mol. The first-order valence-electron chi connectivity index (χ1n) is 12.0. The molecule has 1 aliphatic carbocycles. The molecule has 0 aromatic heterocycles. The van der Waals surface area contributed by atoms with Crippen molar-refractivity contribution in [1.29, 1.82) is 0 Å². The molecule has 1 fully saturated rings. The quantitative estimate of drug-likeness (QED) is 0.452. The third-order valence-corrected chi connectivity index (χ3v) is 6.14. The first-order valence-corrected chi connectivity index (χ1v) is 12.0. The molecule has 0 aliphatic heterocycles. The SMILES string of the molecule is CC(NC(=O)CCCC(=O)Nc1ccc(OCCC2CCCCC2)cc1)c1ccccc1. The summed E-state index contributed by atoms with van der Waals surface area (Å²) in [5.41, 5.74) is 1.82. The molecule has 2 N–H and O–H groups in total. The summed E-state index contributed by atoms with van der Waals surface area (Å²) in [6, 6.07) is 17.3. The Morgan fingerprint density at radius 2 is 1.62 bits per heavy atom. The summed E-state index contributed by atoms with van der Waals surface area (Å²) in [6.45, 7) is 2.71. The summed E-state index contributed by atoms with van der Waals surface area (Å²) in [5, 5.41) is 5.87. The lowest BCUT2D eigenvalue weighted by Crippen LogP contribution is -2.26. The highest BCUT2D eigenvalue weighted by molar-refractivity contribution is 5.91. The number of anilines is 1. The predicted octanol–water partition coefficient (Wildman–Crippen LogP) is 6.02. The zero-order chi connectivity index (χ0) is 22.6. The Hall–Kier alpha value is -2.82. The van der Waals surface area contributed by atoms with Crippen LogP contribution in [0.1, 0.15) is 76.3 Å². The second-order valence-electron chi connectivity index (χ2n) is 8.77. The number of rotatable bonds is 11. The molecule has 5 heteroatoms. The smallest absolute Gasteiger partial charge is 0.224 e. The van der Waals surface area contributed by atoms with Crippen LogP contribution in [0.2, 0.25) is 0 Å². The Kier molecular flexibility index (Phi) is 9.60. The van der Waals surface area contributed by atoms with Gasteiger partial charge in [0.15, 0.2) is 0 Å². The van der Waals surface area contributed by atoms with Crippen LogP contribution >= 0.6 is 0 Å². The lowest BCUT2D eigenvalue weighted by molar-refractivity contribution is -0.122. The molecule has 2 aromatic rings. The normalized spacial score (nSPS) is 15.0. The van der Waals surface area contributed by atoms with Gasteiger partial charge in [-0.15, -0.1) is 0 Å². The van der Waals surface area contributed by atoms with Gasteiger partial charge in [-0.25, -0.2) is 0 Å². The van der Waals surface area contributed by atoms with E-state index in [1.165, 1.54) is 32.1 Å². The van der Waals surface area contributed by atoms with Gasteiger partial charge in [0.1, 0.15) is 5.75 Å². The Labute approximate surface area is 191 Å². The topological polar surface area (TPSA) is 67.4 Å². The van der Waals surface area contributed by atoms with Crippen LogP contribution in [0.25, 0.3) is 0 Å². The van der Waals surface area contributed by atoms with Crippen molar-refractivity contribution in [3.63, 3.8) is 0 Å². The zero-order valence-electron chi connectivity index (χ0n) is 19.1. The fourth-order valence-electron chi connectivity index (χ4n) is 4.23. The monoisotopic (exact) mass is 436 g/mol. The number of amides is 2. The van der Waals surface area contributed by atoms with E-state index in [1.54, 1.807) is 0 Å². The Bertz CT molecular complexity index is 830. The van der Waals surface area contributed by atoms with Crippen molar-refractivity contribution in [2.75, 3.05) is 11.9 Å². The molecule has 1 unspecified atom stereocenters. The molecule has 2 aromatic carbocycles. The molecule has 0 spiro atoms. The molecule has 32 heavy (non-hydrogen) atoms. The molecule has 1 saturated carbocycles. The summed E-state index contributed by atoms with van der Waals surface area (Å²) in [7, 11) is 0. The van der Waals surface area contributed by atoms with E-state index >= 15 is 0 Å². The van der Waals surface area contributed by atoms with Gasteiger partial charge in [0, 0.05) is 18.5 Å². The maximum absolute atomic E-state index is 12.2. The average Bonchev–Trinajstić information content (AvgIpc) is 2.81. The average molecular weight is 437 g/mol. The molecule has 1 aliphatic rings. The summed E-state index contributed by atoms with van der Waals surface area (Å²) in [4.78, 5) is 24.3. The van der Waals surface area contributed by atoms with Crippen LogP contribution in [0.5, 0.6) is 5.75 Å². The van der Waals surface area contributed by atoms with Gasteiger partial charge < -0.3 is 15.4 Å². The Morgan fingerprint density at radius 3 is 2.34 bits per heavy atom. The Morgan fingerprint density at radius 1 is 0.938 bits per heavy atom. The van der Waals surface area contributed by atoms with Gasteiger partial charge in [0.05, 0.1) is 12.6 Å². The van der Waals surface area contributed by atoms with Crippen LogP contribution in [0.15, 0.2) is 54.6 Å². The first kappa shape index (κ1) is 23.8. The van der Waals surface area contributed by atoms with Crippen LogP contribution in [0, 0.1) is 5.92 Å². The molecule has 0 saturated heterocycles. The number of carbonyl (C=O) groups excluding carboxylic acids is 2. The van der Waals surface area contributed by atoms with E-state index in [1.807, 2.05) is 61.5 Å². The van der Waals surface area contributed by atoms with Crippen molar-refractivity contribution in [3.8, 4) is 5.75 Å². The van der Waals surface area contributed by atoms with E-state index in [9.17, 15) is 9.59 Å². The molecular weight excluding hydrogens is 400 g/mol. The van der Waals surface area contributed by atoms with Gasteiger partial charge in [-0.2, -0.15) is 0 Å². The number of hydrogen-bond acceptors (Lipinski definition) is 3. The number of ether oxygens (including phenoxy) is 1. The Balaban J connectivity index is 1.30. The van der Waals surface area contributed by atoms with Crippen molar-refractivity contribution in [2.45, 2.75) is 70.8 Å². The van der Waals surface area contributed by atoms with Gasteiger partial charge >= 0.3 is 0 Å². The van der Waals surface area contributed by atoms with Crippen molar-refractivity contribution < 1.29 is 14.3 Å². The van der Waals surface area contributed by atoms with E-state index in [2.05, 4.69) is 10.6 Å². The lowest BCUT2D eigenvalue weighted by Gasteiger charge is -2.21. The van der Waals surface area contributed by atoms with Crippen LogP contribution in [0.3, 0.4) is 0 Å². The number of carbonyl (C=O) groups is 2.